The van der Waals surface area contributed by atoms with E-state index in [2.05, 4.69) is 36.2 Å². The fourth-order valence-corrected chi connectivity index (χ4v) is 4.77. The fourth-order valence-electron chi connectivity index (χ4n) is 4.00. The van der Waals surface area contributed by atoms with Crippen LogP contribution in [-0.4, -0.2) is 18.4 Å². The number of sulfonamides is 1. The number of nitrogens with one attached hydrogen (secondary N) is 1. The standard InChI is InChI=1S/C23H21N3O2S/c1-14-6-8-15(9-7-14)18-13-19(18)23-25-20-11-10-16(12-21(20)26-23)17-4-2-3-5-22(17)29(24,27)28/h2-12,18-19H,13H2,1H3,(H,25,26)(H2,24,27,28)/t18-,19-/m1/s1. The molecule has 1 heterocycles. The number of nitrogens with two attached hydrogens (primary N) is 1. The average molecular weight is 404 g/mol. The molecule has 1 aromatic heterocycles. The minimum atomic E-state index is -3.80. The monoisotopic (exact) mass is 403 g/mol. The second-order valence-corrected chi connectivity index (χ2v) is 9.28. The van der Waals surface area contributed by atoms with E-state index in [1.54, 1.807) is 12.1 Å². The summed E-state index contributed by atoms with van der Waals surface area (Å²) in [5.41, 5.74) is 5.79. The Balaban J connectivity index is 1.49. The summed E-state index contributed by atoms with van der Waals surface area (Å²) in [5, 5.41) is 5.39. The summed E-state index contributed by atoms with van der Waals surface area (Å²) < 4.78 is 23.9. The van der Waals surface area contributed by atoms with Gasteiger partial charge in [-0.1, -0.05) is 54.1 Å². The zero-order valence-electron chi connectivity index (χ0n) is 16.0. The van der Waals surface area contributed by atoms with Gasteiger partial charge in [-0.2, -0.15) is 0 Å². The number of aromatic amines is 1. The lowest BCUT2D eigenvalue weighted by molar-refractivity contribution is 0.598. The number of fused-ring (bicyclic) bond motifs is 1. The number of rotatable bonds is 4. The van der Waals surface area contributed by atoms with Gasteiger partial charge in [0.2, 0.25) is 10.0 Å². The summed E-state index contributed by atoms with van der Waals surface area (Å²) in [6.07, 6.45) is 1.09. The van der Waals surface area contributed by atoms with Crippen molar-refractivity contribution in [3.05, 3.63) is 83.7 Å². The molecule has 1 fully saturated rings. The molecule has 3 N–H and O–H groups in total. The number of nitrogens with zero attached hydrogens (tertiary/aromatic N) is 1. The molecule has 6 heteroatoms. The Kier molecular flexibility index (Phi) is 4.08. The summed E-state index contributed by atoms with van der Waals surface area (Å²) in [6, 6.07) is 21.2. The van der Waals surface area contributed by atoms with Crippen molar-refractivity contribution in [3.8, 4) is 11.1 Å². The quantitative estimate of drug-likeness (QED) is 0.527. The molecule has 0 radical (unpaired) electrons. The lowest BCUT2D eigenvalue weighted by Gasteiger charge is -2.07. The molecule has 0 amide bonds. The van der Waals surface area contributed by atoms with E-state index in [4.69, 9.17) is 10.1 Å². The molecule has 5 rings (SSSR count). The topological polar surface area (TPSA) is 88.8 Å². The van der Waals surface area contributed by atoms with Crippen LogP contribution in [0.1, 0.15) is 35.2 Å². The van der Waals surface area contributed by atoms with Crippen molar-refractivity contribution < 1.29 is 8.42 Å². The van der Waals surface area contributed by atoms with Gasteiger partial charge in [-0.05, 0) is 48.6 Å². The van der Waals surface area contributed by atoms with Crippen molar-refractivity contribution in [1.29, 1.82) is 0 Å². The summed E-state index contributed by atoms with van der Waals surface area (Å²) in [4.78, 5) is 8.35. The number of H-pyrrole nitrogens is 1. The molecule has 1 saturated carbocycles. The number of primary sulfonamides is 1. The van der Waals surface area contributed by atoms with Gasteiger partial charge in [0.05, 0.1) is 15.9 Å². The third kappa shape index (κ3) is 3.34. The number of imidazole rings is 1. The van der Waals surface area contributed by atoms with E-state index in [0.29, 0.717) is 17.4 Å². The van der Waals surface area contributed by atoms with Crippen molar-refractivity contribution in [3.63, 3.8) is 0 Å². The molecule has 0 saturated heterocycles. The van der Waals surface area contributed by atoms with E-state index in [1.807, 2.05) is 24.3 Å². The Morgan fingerprint density at radius 2 is 1.76 bits per heavy atom. The van der Waals surface area contributed by atoms with Crippen LogP contribution < -0.4 is 5.14 Å². The molecule has 146 valence electrons. The molecule has 0 bridgehead atoms. The maximum Gasteiger partial charge on any atom is 0.238 e. The SMILES string of the molecule is Cc1ccc([C@H]2C[C@H]2c2nc3ccc(-c4ccccc4S(N)(=O)=O)cc3[nH]2)cc1. The van der Waals surface area contributed by atoms with Crippen LogP contribution in [0.2, 0.25) is 0 Å². The number of aromatic nitrogens is 2. The van der Waals surface area contributed by atoms with E-state index >= 15 is 0 Å². The molecule has 0 aliphatic heterocycles. The van der Waals surface area contributed by atoms with Gasteiger partial charge in [0.15, 0.2) is 0 Å². The normalized spacial score (nSPS) is 18.8. The molecule has 1 aliphatic rings. The first kappa shape index (κ1) is 18.1. The van der Waals surface area contributed by atoms with E-state index in [0.717, 1.165) is 28.8 Å². The highest BCUT2D eigenvalue weighted by Crippen LogP contribution is 2.54. The van der Waals surface area contributed by atoms with Crippen molar-refractivity contribution in [2.24, 2.45) is 5.14 Å². The van der Waals surface area contributed by atoms with Gasteiger partial charge in [-0.3, -0.25) is 0 Å². The van der Waals surface area contributed by atoms with Gasteiger partial charge in [-0.15, -0.1) is 0 Å². The number of aryl methyl sites for hydroxylation is 1. The largest absolute Gasteiger partial charge is 0.342 e. The van der Waals surface area contributed by atoms with Crippen LogP contribution in [0, 0.1) is 6.92 Å². The second-order valence-electron chi connectivity index (χ2n) is 7.75. The van der Waals surface area contributed by atoms with Gasteiger partial charge in [-0.25, -0.2) is 18.5 Å². The fraction of sp³-hybridized carbons (Fsp3) is 0.174. The Bertz CT molecular complexity index is 1320. The summed E-state index contributed by atoms with van der Waals surface area (Å²) in [6.45, 7) is 2.10. The lowest BCUT2D eigenvalue weighted by atomic mass is 10.1. The highest BCUT2D eigenvalue weighted by molar-refractivity contribution is 7.89. The maximum absolute atomic E-state index is 11.9. The molecule has 0 unspecified atom stereocenters. The second kappa shape index (κ2) is 6.54. The molecule has 0 spiro atoms. The van der Waals surface area contributed by atoms with Gasteiger partial charge in [0, 0.05) is 11.5 Å². The first-order valence-corrected chi connectivity index (χ1v) is 11.1. The predicted molar refractivity (Wildman–Crippen MR) is 114 cm³/mol. The molecule has 1 aliphatic carbocycles. The predicted octanol–water partition coefficient (Wildman–Crippen LogP) is 4.46. The Morgan fingerprint density at radius 1 is 1.00 bits per heavy atom. The maximum atomic E-state index is 11.9. The van der Waals surface area contributed by atoms with Crippen molar-refractivity contribution in [1.82, 2.24) is 9.97 Å². The minimum Gasteiger partial charge on any atom is -0.342 e. The highest BCUT2D eigenvalue weighted by atomic mass is 32.2. The third-order valence-corrected chi connectivity index (χ3v) is 6.62. The van der Waals surface area contributed by atoms with Crippen LogP contribution >= 0.6 is 0 Å². The number of hydrogen-bond donors (Lipinski definition) is 2. The van der Waals surface area contributed by atoms with Crippen molar-refractivity contribution in [2.75, 3.05) is 0 Å². The van der Waals surface area contributed by atoms with Gasteiger partial charge in [0.25, 0.3) is 0 Å². The Labute approximate surface area is 169 Å². The number of hydrogen-bond acceptors (Lipinski definition) is 3. The lowest BCUT2D eigenvalue weighted by Crippen LogP contribution is -2.13. The average Bonchev–Trinajstić information content (AvgIpc) is 3.39. The molecular formula is C23H21N3O2S. The zero-order valence-corrected chi connectivity index (χ0v) is 16.8. The van der Waals surface area contributed by atoms with Crippen LogP contribution in [0.15, 0.2) is 71.6 Å². The summed E-state index contributed by atoms with van der Waals surface area (Å²) >= 11 is 0. The minimum absolute atomic E-state index is 0.126. The summed E-state index contributed by atoms with van der Waals surface area (Å²) in [7, 11) is -3.80. The van der Waals surface area contributed by atoms with Crippen LogP contribution in [0.5, 0.6) is 0 Å². The van der Waals surface area contributed by atoms with Crippen molar-refractivity contribution >= 4 is 21.1 Å². The van der Waals surface area contributed by atoms with E-state index in [-0.39, 0.29) is 4.90 Å². The summed E-state index contributed by atoms with van der Waals surface area (Å²) in [5.74, 6) is 1.88. The third-order valence-electron chi connectivity index (χ3n) is 5.65. The molecule has 5 nitrogen and oxygen atoms in total. The molecule has 3 aromatic carbocycles. The van der Waals surface area contributed by atoms with E-state index in [9.17, 15) is 8.42 Å². The van der Waals surface area contributed by atoms with Gasteiger partial charge < -0.3 is 4.98 Å². The van der Waals surface area contributed by atoms with Crippen LogP contribution in [0.3, 0.4) is 0 Å². The van der Waals surface area contributed by atoms with E-state index in [1.165, 1.54) is 17.2 Å². The molecule has 29 heavy (non-hydrogen) atoms. The first-order chi connectivity index (χ1) is 13.9. The number of benzene rings is 3. The molecular weight excluding hydrogens is 382 g/mol. The molecule has 2 atom stereocenters. The molecule has 4 aromatic rings. The Hall–Kier alpha value is -2.96. The van der Waals surface area contributed by atoms with Gasteiger partial charge in [0.1, 0.15) is 5.82 Å². The highest BCUT2D eigenvalue weighted by Gasteiger charge is 2.41. The van der Waals surface area contributed by atoms with Gasteiger partial charge >= 0.3 is 0 Å². The van der Waals surface area contributed by atoms with Crippen molar-refractivity contribution in [2.45, 2.75) is 30.1 Å². The van der Waals surface area contributed by atoms with Crippen LogP contribution in [0.4, 0.5) is 0 Å². The Morgan fingerprint density at radius 3 is 2.52 bits per heavy atom. The van der Waals surface area contributed by atoms with E-state index < -0.39 is 10.0 Å². The first-order valence-electron chi connectivity index (χ1n) is 9.58. The zero-order chi connectivity index (χ0) is 20.2. The van der Waals surface area contributed by atoms with Crippen LogP contribution in [0.25, 0.3) is 22.2 Å². The smallest absolute Gasteiger partial charge is 0.238 e. The van der Waals surface area contributed by atoms with Crippen LogP contribution in [-0.2, 0) is 10.0 Å².